The molecule has 1 amide bonds. The molecule has 0 spiro atoms. The van der Waals surface area contributed by atoms with Gasteiger partial charge in [0.2, 0.25) is 0 Å². The topological polar surface area (TPSA) is 75.8 Å². The fourth-order valence-corrected chi connectivity index (χ4v) is 2.12. The first kappa shape index (κ1) is 12.7. The van der Waals surface area contributed by atoms with Crippen molar-refractivity contribution in [2.24, 2.45) is 0 Å². The summed E-state index contributed by atoms with van der Waals surface area (Å²) in [5, 5.41) is 9.53. The number of benzene rings is 1. The molecule has 0 radical (unpaired) electrons. The van der Waals surface area contributed by atoms with Gasteiger partial charge in [0.05, 0.1) is 5.69 Å². The number of nitrogens with zero attached hydrogens (tertiary/aromatic N) is 1. The molecule has 1 aliphatic rings. The summed E-state index contributed by atoms with van der Waals surface area (Å²) in [6.45, 7) is 1.38. The van der Waals surface area contributed by atoms with Gasteiger partial charge in [-0.25, -0.2) is 0 Å². The lowest BCUT2D eigenvalue weighted by Gasteiger charge is -2.31. The van der Waals surface area contributed by atoms with Gasteiger partial charge in [0.1, 0.15) is 5.75 Å². The van der Waals surface area contributed by atoms with Crippen molar-refractivity contribution in [2.45, 2.75) is 18.9 Å². The van der Waals surface area contributed by atoms with Crippen LogP contribution in [0.4, 0.5) is 5.69 Å². The molecule has 1 heterocycles. The molecule has 5 nitrogen and oxygen atoms in total. The van der Waals surface area contributed by atoms with E-state index in [4.69, 9.17) is 10.5 Å². The maximum atomic E-state index is 12.2. The van der Waals surface area contributed by atoms with E-state index < -0.39 is 0 Å². The molecule has 3 N–H and O–H groups in total. The first-order chi connectivity index (χ1) is 8.59. The number of nitrogens with two attached hydrogens (primary N) is 1. The SMILES string of the molecule is CN(C(=O)c1ccc(N)c(O)c1)C1CCOCC1. The van der Waals surface area contributed by atoms with Crippen molar-refractivity contribution in [2.75, 3.05) is 26.0 Å². The van der Waals surface area contributed by atoms with Crippen LogP contribution < -0.4 is 5.73 Å². The van der Waals surface area contributed by atoms with Gasteiger partial charge >= 0.3 is 0 Å². The van der Waals surface area contributed by atoms with Crippen molar-refractivity contribution in [3.05, 3.63) is 23.8 Å². The third kappa shape index (κ3) is 2.56. The lowest BCUT2D eigenvalue weighted by molar-refractivity contribution is 0.0362. The van der Waals surface area contributed by atoms with E-state index in [1.807, 2.05) is 0 Å². The van der Waals surface area contributed by atoms with Crippen molar-refractivity contribution < 1.29 is 14.6 Å². The number of aromatic hydroxyl groups is 1. The highest BCUT2D eigenvalue weighted by Gasteiger charge is 2.23. The van der Waals surface area contributed by atoms with E-state index in [-0.39, 0.29) is 23.4 Å². The molecule has 0 aromatic heterocycles. The van der Waals surface area contributed by atoms with E-state index in [2.05, 4.69) is 0 Å². The van der Waals surface area contributed by atoms with Gasteiger partial charge in [-0.2, -0.15) is 0 Å². The number of carbonyl (C=O) groups excluding carboxylic acids is 1. The number of nitrogen functional groups attached to an aromatic ring is 1. The van der Waals surface area contributed by atoms with Crippen LogP contribution in [-0.4, -0.2) is 42.2 Å². The lowest BCUT2D eigenvalue weighted by Crippen LogP contribution is -2.40. The van der Waals surface area contributed by atoms with Crippen molar-refractivity contribution in [1.29, 1.82) is 0 Å². The van der Waals surface area contributed by atoms with E-state index in [0.29, 0.717) is 18.8 Å². The summed E-state index contributed by atoms with van der Waals surface area (Å²) in [6, 6.07) is 4.78. The minimum absolute atomic E-state index is 0.0544. The summed E-state index contributed by atoms with van der Waals surface area (Å²) in [5.74, 6) is -0.154. The lowest BCUT2D eigenvalue weighted by atomic mass is 10.1. The van der Waals surface area contributed by atoms with Gasteiger partial charge in [-0.3, -0.25) is 4.79 Å². The number of hydrogen-bond donors (Lipinski definition) is 2. The van der Waals surface area contributed by atoms with Crippen LogP contribution in [-0.2, 0) is 4.74 Å². The number of rotatable bonds is 2. The normalized spacial score (nSPS) is 16.5. The third-order valence-corrected chi connectivity index (χ3v) is 3.34. The van der Waals surface area contributed by atoms with Crippen molar-refractivity contribution in [3.63, 3.8) is 0 Å². The molecule has 1 fully saturated rings. The largest absolute Gasteiger partial charge is 0.506 e. The standard InChI is InChI=1S/C13H18N2O3/c1-15(10-4-6-18-7-5-10)13(17)9-2-3-11(14)12(16)8-9/h2-3,8,10,16H,4-7,14H2,1H3. The zero-order valence-electron chi connectivity index (χ0n) is 10.4. The number of phenols is 1. The summed E-state index contributed by atoms with van der Waals surface area (Å²) < 4.78 is 5.28. The summed E-state index contributed by atoms with van der Waals surface area (Å²) in [6.07, 6.45) is 1.70. The molecule has 0 unspecified atom stereocenters. The van der Waals surface area contributed by atoms with Gasteiger partial charge in [0.15, 0.2) is 0 Å². The molecule has 0 atom stereocenters. The Bertz CT molecular complexity index is 442. The monoisotopic (exact) mass is 250 g/mol. The molecule has 5 heteroatoms. The second-order valence-electron chi connectivity index (χ2n) is 4.53. The predicted octanol–water partition coefficient (Wildman–Crippen LogP) is 1.23. The molecule has 1 saturated heterocycles. The highest BCUT2D eigenvalue weighted by molar-refractivity contribution is 5.95. The Morgan fingerprint density at radius 2 is 2.11 bits per heavy atom. The van der Waals surface area contributed by atoms with Crippen LogP contribution in [0.2, 0.25) is 0 Å². The summed E-state index contributed by atoms with van der Waals surface area (Å²) in [5.41, 5.74) is 6.25. The Labute approximate surface area is 106 Å². The van der Waals surface area contributed by atoms with Crippen LogP contribution in [0.1, 0.15) is 23.2 Å². The van der Waals surface area contributed by atoms with Crippen LogP contribution >= 0.6 is 0 Å². The molecule has 0 bridgehead atoms. The van der Waals surface area contributed by atoms with Crippen molar-refractivity contribution in [1.82, 2.24) is 4.90 Å². The molecule has 0 aliphatic carbocycles. The summed E-state index contributed by atoms with van der Waals surface area (Å²) in [7, 11) is 1.78. The highest BCUT2D eigenvalue weighted by Crippen LogP contribution is 2.22. The molecule has 1 aromatic rings. The van der Waals surface area contributed by atoms with Crippen molar-refractivity contribution >= 4 is 11.6 Å². The Kier molecular flexibility index (Phi) is 3.72. The fourth-order valence-electron chi connectivity index (χ4n) is 2.12. The average molecular weight is 250 g/mol. The Balaban J connectivity index is 2.11. The van der Waals surface area contributed by atoms with Crippen LogP contribution in [0.25, 0.3) is 0 Å². The molecular weight excluding hydrogens is 232 g/mol. The van der Waals surface area contributed by atoms with Gasteiger partial charge in [-0.1, -0.05) is 0 Å². The van der Waals surface area contributed by atoms with E-state index >= 15 is 0 Å². The van der Waals surface area contributed by atoms with Gasteiger partial charge in [0, 0.05) is 31.9 Å². The van der Waals surface area contributed by atoms with Gasteiger partial charge in [0.25, 0.3) is 5.91 Å². The number of ether oxygens (including phenoxy) is 1. The first-order valence-corrected chi connectivity index (χ1v) is 6.03. The summed E-state index contributed by atoms with van der Waals surface area (Å²) in [4.78, 5) is 14.0. The first-order valence-electron chi connectivity index (χ1n) is 6.03. The molecule has 1 aliphatic heterocycles. The second kappa shape index (κ2) is 5.27. The van der Waals surface area contributed by atoms with E-state index in [0.717, 1.165) is 12.8 Å². The van der Waals surface area contributed by atoms with Crippen molar-refractivity contribution in [3.8, 4) is 5.75 Å². The molecule has 2 rings (SSSR count). The molecule has 18 heavy (non-hydrogen) atoms. The molecule has 98 valence electrons. The van der Waals surface area contributed by atoms with E-state index in [1.54, 1.807) is 24.1 Å². The Hall–Kier alpha value is -1.75. The number of anilines is 1. The zero-order valence-corrected chi connectivity index (χ0v) is 10.4. The quantitative estimate of drug-likeness (QED) is 0.611. The smallest absolute Gasteiger partial charge is 0.253 e. The molecular formula is C13H18N2O3. The molecule has 0 saturated carbocycles. The minimum Gasteiger partial charge on any atom is -0.506 e. The number of carbonyl (C=O) groups is 1. The van der Waals surface area contributed by atoms with Crippen LogP contribution in [0.5, 0.6) is 5.75 Å². The van der Waals surface area contributed by atoms with Crippen LogP contribution in [0.3, 0.4) is 0 Å². The Morgan fingerprint density at radius 1 is 1.44 bits per heavy atom. The third-order valence-electron chi connectivity index (χ3n) is 3.34. The zero-order chi connectivity index (χ0) is 13.1. The Morgan fingerprint density at radius 3 is 2.72 bits per heavy atom. The predicted molar refractivity (Wildman–Crippen MR) is 68.5 cm³/mol. The molecule has 1 aromatic carbocycles. The number of phenolic OH excluding ortho intramolecular Hbond substituents is 1. The van der Waals surface area contributed by atoms with E-state index in [1.165, 1.54) is 6.07 Å². The fraction of sp³-hybridized carbons (Fsp3) is 0.462. The highest BCUT2D eigenvalue weighted by atomic mass is 16.5. The maximum absolute atomic E-state index is 12.2. The average Bonchev–Trinajstić information content (AvgIpc) is 2.41. The maximum Gasteiger partial charge on any atom is 0.253 e. The van der Waals surface area contributed by atoms with Gasteiger partial charge < -0.3 is 20.5 Å². The van der Waals surface area contributed by atoms with E-state index in [9.17, 15) is 9.90 Å². The number of amides is 1. The minimum atomic E-state index is -0.0998. The summed E-state index contributed by atoms with van der Waals surface area (Å²) >= 11 is 0. The van der Waals surface area contributed by atoms with Crippen LogP contribution in [0.15, 0.2) is 18.2 Å². The van der Waals surface area contributed by atoms with Gasteiger partial charge in [-0.05, 0) is 31.0 Å². The van der Waals surface area contributed by atoms with Crippen LogP contribution in [0, 0.1) is 0 Å². The number of hydrogen-bond acceptors (Lipinski definition) is 4. The second-order valence-corrected chi connectivity index (χ2v) is 4.53. The van der Waals surface area contributed by atoms with Gasteiger partial charge in [-0.15, -0.1) is 0 Å².